The summed E-state index contributed by atoms with van der Waals surface area (Å²) < 4.78 is 5.52. The van der Waals surface area contributed by atoms with Crippen molar-refractivity contribution in [2.45, 2.75) is 25.5 Å². The molecular weight excluding hydrogens is 254 g/mol. The van der Waals surface area contributed by atoms with Crippen molar-refractivity contribution < 1.29 is 14.6 Å². The summed E-state index contributed by atoms with van der Waals surface area (Å²) in [6.07, 6.45) is 2.59. The fraction of sp³-hybridized carbons (Fsp3) is 0.600. The number of likely N-dealkylation sites (tertiary alicyclic amines) is 1. The molecule has 2 amide bonds. The Labute approximate surface area is 108 Å². The van der Waals surface area contributed by atoms with Gasteiger partial charge in [0.1, 0.15) is 11.2 Å². The monoisotopic (exact) mass is 266 g/mol. The van der Waals surface area contributed by atoms with E-state index < -0.39 is 0 Å². The van der Waals surface area contributed by atoms with Crippen molar-refractivity contribution in [2.75, 3.05) is 13.1 Å². The van der Waals surface area contributed by atoms with Crippen molar-refractivity contribution in [3.05, 3.63) is 5.51 Å². The van der Waals surface area contributed by atoms with E-state index in [4.69, 9.17) is 4.74 Å². The van der Waals surface area contributed by atoms with Gasteiger partial charge in [0.15, 0.2) is 5.10 Å². The van der Waals surface area contributed by atoms with E-state index in [1.807, 2.05) is 6.92 Å². The summed E-state index contributed by atoms with van der Waals surface area (Å²) in [5.74, 6) is 0. The van der Waals surface area contributed by atoms with E-state index in [0.29, 0.717) is 18.3 Å². The van der Waals surface area contributed by atoms with Crippen molar-refractivity contribution in [1.29, 1.82) is 0 Å². The molecule has 0 saturated carbocycles. The molecule has 94 valence electrons. The van der Waals surface area contributed by atoms with Gasteiger partial charge in [-0.15, -0.1) is 0 Å². The van der Waals surface area contributed by atoms with Crippen LogP contribution in [0.4, 0.5) is 4.79 Å². The van der Waals surface area contributed by atoms with Crippen molar-refractivity contribution in [1.82, 2.24) is 15.0 Å². The minimum Gasteiger partial charge on any atom is -0.458 e. The zero-order valence-corrected chi connectivity index (χ0v) is 10.6. The Morgan fingerprint density at radius 3 is 3.11 bits per heavy atom. The van der Waals surface area contributed by atoms with Crippen LogP contribution >= 0.6 is 11.3 Å². The number of carbonyl (C=O) groups is 1. The van der Waals surface area contributed by atoms with Gasteiger partial charge in [0.05, 0.1) is 30.5 Å². The zero-order chi connectivity index (χ0) is 12.5. The van der Waals surface area contributed by atoms with Crippen LogP contribution in [-0.2, 0) is 0 Å². The van der Waals surface area contributed by atoms with Gasteiger partial charge < -0.3 is 9.64 Å². The van der Waals surface area contributed by atoms with Crippen LogP contribution in [0, 0.1) is 5.51 Å². The first-order valence-corrected chi connectivity index (χ1v) is 6.52. The molecule has 1 atom stereocenters. The van der Waals surface area contributed by atoms with E-state index >= 15 is 0 Å². The molecule has 7 nitrogen and oxygen atoms in total. The number of carbonyl (C=O) groups excluding carboxylic acids is 1. The van der Waals surface area contributed by atoms with E-state index in [1.54, 1.807) is 11.1 Å². The molecule has 1 aromatic heterocycles. The van der Waals surface area contributed by atoms with Gasteiger partial charge >= 0.3 is 16.7 Å². The van der Waals surface area contributed by atoms with Crippen molar-refractivity contribution in [3.8, 4) is 5.19 Å². The highest BCUT2D eigenvalue weighted by Gasteiger charge is 2.37. The Balaban J connectivity index is 1.50. The molecule has 3 heterocycles. The third kappa shape index (κ3) is 1.97. The first-order valence-electron chi connectivity index (χ1n) is 5.71. The molecule has 1 aromatic rings. The minimum atomic E-state index is -0.0556. The molecule has 0 radical (unpaired) electrons. The smallest absolute Gasteiger partial charge is 0.428 e. The van der Waals surface area contributed by atoms with Gasteiger partial charge in [0.2, 0.25) is 0 Å². The highest BCUT2D eigenvalue weighted by molar-refractivity contribution is 7.10. The number of urea groups is 1. The summed E-state index contributed by atoms with van der Waals surface area (Å²) >= 11 is 1.23. The first kappa shape index (κ1) is 11.2. The lowest BCUT2D eigenvalue weighted by Crippen LogP contribution is -2.59. The number of hydrogen-bond acceptors (Lipinski definition) is 5. The molecule has 0 N–H and O–H groups in total. The normalized spacial score (nSPS) is 22.8. The van der Waals surface area contributed by atoms with Gasteiger partial charge in [-0.3, -0.25) is 0 Å². The van der Waals surface area contributed by atoms with Crippen LogP contribution in [0.25, 0.3) is 0 Å². The predicted octanol–water partition coefficient (Wildman–Crippen LogP) is -0.194. The zero-order valence-electron chi connectivity index (χ0n) is 9.81. The number of nitrogens with zero attached hydrogens (tertiary/aromatic N) is 5. The Kier molecular flexibility index (Phi) is 2.76. The Morgan fingerprint density at radius 2 is 2.50 bits per heavy atom. The SMILES string of the molecule is CC1CC=NN1C(=O)N1CC(Oc2n[n+]#cs2)C1. The van der Waals surface area contributed by atoms with Gasteiger partial charge in [-0.2, -0.15) is 5.10 Å². The summed E-state index contributed by atoms with van der Waals surface area (Å²) in [6, 6.07) is 0.0927. The fourth-order valence-electron chi connectivity index (χ4n) is 1.88. The standard InChI is InChI=1S/C10H12N5O2S/c1-7-2-3-12-15(7)10(16)14-4-8(5-14)17-9-13-11-6-18-9/h3,7-8H,2,4-5H2,1H3/q+1. The second kappa shape index (κ2) is 4.42. The maximum atomic E-state index is 12.0. The number of hydrogen-bond donors (Lipinski definition) is 0. The van der Waals surface area contributed by atoms with Crippen LogP contribution in [0.2, 0.25) is 0 Å². The predicted molar refractivity (Wildman–Crippen MR) is 62.3 cm³/mol. The number of hydrazone groups is 1. The highest BCUT2D eigenvalue weighted by Crippen LogP contribution is 2.21. The molecule has 8 heteroatoms. The van der Waals surface area contributed by atoms with Crippen LogP contribution < -0.4 is 9.84 Å². The van der Waals surface area contributed by atoms with Crippen LogP contribution in [0.1, 0.15) is 13.3 Å². The average molecular weight is 266 g/mol. The number of aromatic nitrogens is 2. The summed E-state index contributed by atoms with van der Waals surface area (Å²) in [7, 11) is 0. The number of rotatable bonds is 2. The molecule has 0 aromatic carbocycles. The quantitative estimate of drug-likeness (QED) is 0.743. The van der Waals surface area contributed by atoms with E-state index in [-0.39, 0.29) is 18.2 Å². The van der Waals surface area contributed by atoms with Crippen molar-refractivity contribution in [2.24, 2.45) is 5.10 Å². The lowest BCUT2D eigenvalue weighted by atomic mass is 10.2. The molecule has 2 aliphatic rings. The molecular formula is C10H12N5O2S+. The molecule has 1 saturated heterocycles. The maximum absolute atomic E-state index is 12.0. The Morgan fingerprint density at radius 1 is 1.67 bits per heavy atom. The van der Waals surface area contributed by atoms with Crippen LogP contribution in [0.5, 0.6) is 5.19 Å². The second-order valence-corrected chi connectivity index (χ2v) is 5.05. The third-order valence-corrected chi connectivity index (χ3v) is 3.48. The fourth-order valence-corrected chi connectivity index (χ4v) is 2.31. The summed E-state index contributed by atoms with van der Waals surface area (Å²) in [6.45, 7) is 3.12. The first-order chi connectivity index (χ1) is 8.74. The lowest BCUT2D eigenvalue weighted by molar-refractivity contribution is -0.373. The molecule has 0 spiro atoms. The van der Waals surface area contributed by atoms with Crippen molar-refractivity contribution in [3.63, 3.8) is 0 Å². The number of amides is 2. The van der Waals surface area contributed by atoms with E-state index in [0.717, 1.165) is 6.42 Å². The number of ether oxygens (including phenoxy) is 1. The second-order valence-electron chi connectivity index (χ2n) is 4.31. The van der Waals surface area contributed by atoms with E-state index in [1.165, 1.54) is 16.3 Å². The molecule has 0 aliphatic carbocycles. The molecule has 0 bridgehead atoms. The van der Waals surface area contributed by atoms with Gasteiger partial charge in [-0.25, -0.2) is 9.80 Å². The average Bonchev–Trinajstić information content (AvgIpc) is 2.93. The van der Waals surface area contributed by atoms with Crippen LogP contribution in [0.3, 0.4) is 0 Å². The minimum absolute atomic E-state index is 0.00260. The Bertz CT molecular complexity index is 457. The van der Waals surface area contributed by atoms with Gasteiger partial charge in [-0.05, 0) is 6.92 Å². The van der Waals surface area contributed by atoms with Gasteiger partial charge in [0, 0.05) is 12.6 Å². The Hall–Kier alpha value is -1.88. The third-order valence-electron chi connectivity index (χ3n) is 2.96. The molecule has 2 aliphatic heterocycles. The van der Waals surface area contributed by atoms with E-state index in [2.05, 4.69) is 20.8 Å². The molecule has 3 rings (SSSR count). The van der Waals surface area contributed by atoms with Gasteiger partial charge in [0.25, 0.3) is 0 Å². The largest absolute Gasteiger partial charge is 0.458 e. The van der Waals surface area contributed by atoms with E-state index in [9.17, 15) is 4.79 Å². The highest BCUT2D eigenvalue weighted by atomic mass is 32.1. The topological polar surface area (TPSA) is 72.1 Å². The van der Waals surface area contributed by atoms with Crippen LogP contribution in [-0.4, -0.2) is 52.5 Å². The summed E-state index contributed by atoms with van der Waals surface area (Å²) in [5, 5.41) is 13.4. The van der Waals surface area contributed by atoms with Crippen molar-refractivity contribution >= 4 is 23.6 Å². The summed E-state index contributed by atoms with van der Waals surface area (Å²) in [4.78, 5) is 13.8. The lowest BCUT2D eigenvalue weighted by Gasteiger charge is -2.39. The summed E-state index contributed by atoms with van der Waals surface area (Å²) in [5.41, 5.74) is 2.62. The maximum Gasteiger partial charge on any atom is 0.428 e. The molecule has 18 heavy (non-hydrogen) atoms. The molecule has 1 unspecified atom stereocenters. The van der Waals surface area contributed by atoms with Gasteiger partial charge in [-0.1, -0.05) is 0 Å². The molecule has 1 fully saturated rings. The van der Waals surface area contributed by atoms with Crippen LogP contribution in [0.15, 0.2) is 5.10 Å².